The number of hydrogen-bond donors (Lipinski definition) is 2. The zero-order valence-electron chi connectivity index (χ0n) is 12.0. The summed E-state index contributed by atoms with van der Waals surface area (Å²) in [5, 5.41) is 18.9. The summed E-state index contributed by atoms with van der Waals surface area (Å²) >= 11 is 0. The Balaban J connectivity index is 4.54. The van der Waals surface area contributed by atoms with Gasteiger partial charge in [0.25, 0.3) is 0 Å². The molecule has 1 unspecified atom stereocenters. The van der Waals surface area contributed by atoms with Gasteiger partial charge in [-0.05, 0) is 0 Å². The number of unbranched alkanes of at least 4 members (excludes halogenated alkanes) is 2. The molecule has 0 aromatic rings. The number of hydrogen-bond acceptors (Lipinski definition) is 2. The molecular weight excluding hydrogens is 231 g/mol. The predicted molar refractivity (Wildman–Crippen MR) is 81.0 cm³/mol. The molecule has 3 heteroatoms. The van der Waals surface area contributed by atoms with E-state index in [1.165, 1.54) is 50.6 Å². The SMILES string of the molecule is CCCC[PH](CCC)(CCCC)CC(O)CO. The van der Waals surface area contributed by atoms with Gasteiger partial charge in [-0.25, -0.2) is 0 Å². The van der Waals surface area contributed by atoms with E-state index < -0.39 is 13.4 Å². The first-order valence-corrected chi connectivity index (χ1v) is 10.3. The van der Waals surface area contributed by atoms with Gasteiger partial charge in [0.05, 0.1) is 0 Å². The summed E-state index contributed by atoms with van der Waals surface area (Å²) in [4.78, 5) is 0. The Morgan fingerprint density at radius 3 is 1.76 bits per heavy atom. The van der Waals surface area contributed by atoms with E-state index in [0.717, 1.165) is 6.16 Å². The third kappa shape index (κ3) is 7.39. The van der Waals surface area contributed by atoms with Crippen molar-refractivity contribution in [3.63, 3.8) is 0 Å². The van der Waals surface area contributed by atoms with Crippen molar-refractivity contribution in [2.24, 2.45) is 0 Å². The second-order valence-corrected chi connectivity index (χ2v) is 10.4. The quantitative estimate of drug-likeness (QED) is 0.563. The maximum absolute atomic E-state index is 9.80. The van der Waals surface area contributed by atoms with Crippen molar-refractivity contribution in [3.8, 4) is 0 Å². The van der Waals surface area contributed by atoms with E-state index in [1.54, 1.807) is 0 Å². The molecule has 0 heterocycles. The molecule has 0 rings (SSSR count). The Hall–Kier alpha value is 0.350. The topological polar surface area (TPSA) is 40.5 Å². The van der Waals surface area contributed by atoms with Crippen LogP contribution in [-0.4, -0.2) is 47.6 Å². The van der Waals surface area contributed by atoms with E-state index in [2.05, 4.69) is 20.8 Å². The maximum atomic E-state index is 9.80. The zero-order chi connectivity index (χ0) is 13.1. The Morgan fingerprint density at radius 1 is 0.882 bits per heavy atom. The van der Waals surface area contributed by atoms with Crippen LogP contribution >= 0.6 is 7.26 Å². The Morgan fingerprint density at radius 2 is 1.41 bits per heavy atom. The predicted octanol–water partition coefficient (Wildman–Crippen LogP) is 3.10. The molecule has 0 saturated heterocycles. The Labute approximate surface area is 108 Å². The van der Waals surface area contributed by atoms with Crippen LogP contribution in [0.4, 0.5) is 0 Å². The minimum atomic E-state index is -1.33. The van der Waals surface area contributed by atoms with E-state index >= 15 is 0 Å². The molecule has 106 valence electrons. The van der Waals surface area contributed by atoms with Crippen molar-refractivity contribution in [1.29, 1.82) is 0 Å². The van der Waals surface area contributed by atoms with Gasteiger partial charge >= 0.3 is 108 Å². The first kappa shape index (κ1) is 17.4. The molecule has 0 aromatic carbocycles. The van der Waals surface area contributed by atoms with Gasteiger partial charge in [-0.15, -0.1) is 0 Å². The third-order valence-electron chi connectivity index (χ3n) is 3.78. The molecule has 0 fully saturated rings. The fourth-order valence-corrected chi connectivity index (χ4v) is 8.64. The summed E-state index contributed by atoms with van der Waals surface area (Å²) in [5.74, 6) is 0. The van der Waals surface area contributed by atoms with E-state index in [9.17, 15) is 5.11 Å². The fraction of sp³-hybridized carbons (Fsp3) is 1.00. The van der Waals surface area contributed by atoms with Crippen molar-refractivity contribution in [2.45, 2.75) is 59.0 Å². The summed E-state index contributed by atoms with van der Waals surface area (Å²) in [7, 11) is -1.33. The van der Waals surface area contributed by atoms with Crippen LogP contribution < -0.4 is 0 Å². The van der Waals surface area contributed by atoms with Gasteiger partial charge in [0.1, 0.15) is 0 Å². The minimum absolute atomic E-state index is 0.0588. The van der Waals surface area contributed by atoms with Crippen LogP contribution in [0.25, 0.3) is 0 Å². The Bertz CT molecular complexity index is 166. The van der Waals surface area contributed by atoms with Gasteiger partial charge in [-0.1, -0.05) is 0 Å². The zero-order valence-corrected chi connectivity index (χ0v) is 13.0. The number of aliphatic hydroxyl groups excluding tert-OH is 2. The normalized spacial score (nSPS) is 14.9. The van der Waals surface area contributed by atoms with Crippen LogP contribution in [-0.2, 0) is 0 Å². The standard InChI is InChI=1S/C14H33O2P/c1-4-7-10-17(9-6-3,11-8-5-2)13-14(16)12-15/h14-17H,4-13H2,1-3H3. The summed E-state index contributed by atoms with van der Waals surface area (Å²) in [5.41, 5.74) is 0. The molecule has 0 spiro atoms. The summed E-state index contributed by atoms with van der Waals surface area (Å²) in [6.45, 7) is 6.68. The van der Waals surface area contributed by atoms with Gasteiger partial charge in [-0.3, -0.25) is 0 Å². The molecule has 1 atom stereocenters. The molecule has 0 radical (unpaired) electrons. The van der Waals surface area contributed by atoms with Gasteiger partial charge in [0.2, 0.25) is 0 Å². The average Bonchev–Trinajstić information content (AvgIpc) is 2.34. The second-order valence-electron chi connectivity index (χ2n) is 5.50. The summed E-state index contributed by atoms with van der Waals surface area (Å²) in [6, 6.07) is 0. The molecule has 0 aliphatic heterocycles. The van der Waals surface area contributed by atoms with E-state index in [4.69, 9.17) is 5.11 Å². The molecule has 17 heavy (non-hydrogen) atoms. The molecule has 0 aliphatic rings. The second kappa shape index (κ2) is 10.3. The molecule has 0 amide bonds. The molecule has 2 N–H and O–H groups in total. The van der Waals surface area contributed by atoms with Gasteiger partial charge in [-0.2, -0.15) is 0 Å². The van der Waals surface area contributed by atoms with Crippen LogP contribution in [0.5, 0.6) is 0 Å². The van der Waals surface area contributed by atoms with Crippen LogP contribution in [0.15, 0.2) is 0 Å². The van der Waals surface area contributed by atoms with Crippen molar-refractivity contribution in [3.05, 3.63) is 0 Å². The molecule has 2 nitrogen and oxygen atoms in total. The van der Waals surface area contributed by atoms with Crippen molar-refractivity contribution >= 4 is 7.26 Å². The summed E-state index contributed by atoms with van der Waals surface area (Å²) < 4.78 is 0. The number of rotatable bonds is 11. The monoisotopic (exact) mass is 264 g/mol. The van der Waals surface area contributed by atoms with Gasteiger partial charge in [0.15, 0.2) is 0 Å². The van der Waals surface area contributed by atoms with E-state index in [0.29, 0.717) is 0 Å². The van der Waals surface area contributed by atoms with Crippen molar-refractivity contribution in [2.75, 3.05) is 31.3 Å². The van der Waals surface area contributed by atoms with Crippen molar-refractivity contribution < 1.29 is 10.2 Å². The fourth-order valence-electron chi connectivity index (χ4n) is 2.88. The van der Waals surface area contributed by atoms with Crippen LogP contribution in [0.2, 0.25) is 0 Å². The molecule has 0 bridgehead atoms. The summed E-state index contributed by atoms with van der Waals surface area (Å²) in [6.07, 6.45) is 10.8. The van der Waals surface area contributed by atoms with Gasteiger partial charge < -0.3 is 0 Å². The van der Waals surface area contributed by atoms with Crippen molar-refractivity contribution in [1.82, 2.24) is 0 Å². The molecular formula is C14H33O2P. The number of aliphatic hydroxyl groups is 2. The molecule has 0 saturated carbocycles. The first-order valence-electron chi connectivity index (χ1n) is 7.43. The third-order valence-corrected chi connectivity index (χ3v) is 9.51. The Kier molecular flexibility index (Phi) is 10.5. The van der Waals surface area contributed by atoms with Crippen LogP contribution in [0.1, 0.15) is 52.9 Å². The van der Waals surface area contributed by atoms with Gasteiger partial charge in [0, 0.05) is 0 Å². The van der Waals surface area contributed by atoms with Crippen LogP contribution in [0, 0.1) is 0 Å². The molecule has 0 aromatic heterocycles. The van der Waals surface area contributed by atoms with Crippen LogP contribution in [0.3, 0.4) is 0 Å². The van der Waals surface area contributed by atoms with E-state index in [-0.39, 0.29) is 6.61 Å². The molecule has 0 aliphatic carbocycles. The average molecular weight is 264 g/mol. The van der Waals surface area contributed by atoms with E-state index in [1.807, 2.05) is 0 Å². The first-order chi connectivity index (χ1) is 8.14.